The molecule has 2 aromatic carbocycles. The van der Waals surface area contributed by atoms with Crippen LogP contribution in [0.4, 0.5) is 0 Å². The van der Waals surface area contributed by atoms with Gasteiger partial charge in [-0.15, -0.1) is 0 Å². The Kier molecular flexibility index (Phi) is 9.10. The fourth-order valence-corrected chi connectivity index (χ4v) is 8.04. The molecule has 0 unspecified atom stereocenters. The number of hydrogen-bond donors (Lipinski definition) is 3. The van der Waals surface area contributed by atoms with Crippen LogP contribution in [0.2, 0.25) is 0 Å². The minimum atomic E-state index is -3.84. The maximum atomic E-state index is 13.6. The number of aliphatic hydroxyl groups excluding tert-OH is 1. The summed E-state index contributed by atoms with van der Waals surface area (Å²) >= 11 is 0. The predicted octanol–water partition coefficient (Wildman–Crippen LogP) is 6.03. The largest absolute Gasteiger partial charge is 0.497 e. The highest BCUT2D eigenvalue weighted by atomic mass is 32.2. The lowest BCUT2D eigenvalue weighted by atomic mass is 9.81. The number of imidazole rings is 1. The second-order valence-electron chi connectivity index (χ2n) is 14.2. The lowest BCUT2D eigenvalue weighted by molar-refractivity contribution is 0.0918. The van der Waals surface area contributed by atoms with Crippen LogP contribution in [0, 0.1) is 0 Å². The van der Waals surface area contributed by atoms with E-state index in [2.05, 4.69) is 36.3 Å². The molecule has 2 aromatic heterocycles. The highest BCUT2D eigenvalue weighted by molar-refractivity contribution is 7.90. The zero-order valence-corrected chi connectivity index (χ0v) is 29.8. The van der Waals surface area contributed by atoms with Crippen molar-refractivity contribution >= 4 is 44.4 Å². The van der Waals surface area contributed by atoms with Crippen molar-refractivity contribution in [1.82, 2.24) is 24.2 Å². The normalized spacial score (nSPS) is 17.1. The maximum absolute atomic E-state index is 13.6. The molecule has 1 atom stereocenters. The summed E-state index contributed by atoms with van der Waals surface area (Å²) in [7, 11) is -2.19. The molecule has 3 N–H and O–H groups in total. The smallest absolute Gasteiger partial charge is 0.272 e. The molecule has 0 radical (unpaired) electrons. The van der Waals surface area contributed by atoms with Crippen LogP contribution in [0.5, 0.6) is 5.75 Å². The molecule has 4 aromatic rings. The van der Waals surface area contributed by atoms with Crippen LogP contribution in [0.1, 0.15) is 115 Å². The number of hydrogen-bond acceptors (Lipinski definition) is 7. The number of carbonyl (C=O) groups excluding carboxylic acids is 2. The van der Waals surface area contributed by atoms with Gasteiger partial charge in [-0.3, -0.25) is 9.59 Å². The molecule has 0 saturated heterocycles. The second kappa shape index (κ2) is 13.4. The number of rotatable bonds is 10. The van der Waals surface area contributed by atoms with Gasteiger partial charge in [-0.05, 0) is 105 Å². The van der Waals surface area contributed by atoms with Gasteiger partial charge >= 0.3 is 0 Å². The molecule has 3 aliphatic rings. The third kappa shape index (κ3) is 6.35. The zero-order valence-electron chi connectivity index (χ0n) is 29.0. The lowest BCUT2D eigenvalue weighted by Gasteiger charge is -2.24. The summed E-state index contributed by atoms with van der Waals surface area (Å²) in [6.45, 7) is 5.17. The van der Waals surface area contributed by atoms with E-state index in [9.17, 15) is 23.1 Å². The van der Waals surface area contributed by atoms with Crippen LogP contribution in [-0.4, -0.2) is 64.5 Å². The zero-order chi connectivity index (χ0) is 35.3. The second-order valence-corrected chi connectivity index (χ2v) is 16.4. The number of amides is 2. The third-order valence-corrected chi connectivity index (χ3v) is 11.9. The molecule has 12 heteroatoms. The first kappa shape index (κ1) is 34.0. The number of nitrogens with one attached hydrogen (secondary N) is 2. The Morgan fingerprint density at radius 2 is 1.76 bits per heavy atom. The van der Waals surface area contributed by atoms with Gasteiger partial charge < -0.3 is 24.3 Å². The first-order chi connectivity index (χ1) is 24.0. The van der Waals surface area contributed by atoms with Gasteiger partial charge in [-0.2, -0.15) is 0 Å². The minimum Gasteiger partial charge on any atom is -0.497 e. The predicted molar refractivity (Wildman–Crippen MR) is 194 cm³/mol. The highest BCUT2D eigenvalue weighted by Gasteiger charge is 2.34. The van der Waals surface area contributed by atoms with Crippen molar-refractivity contribution in [3.63, 3.8) is 0 Å². The molecule has 2 fully saturated rings. The van der Waals surface area contributed by atoms with Gasteiger partial charge in [0.05, 0.1) is 42.7 Å². The molecule has 1 aliphatic heterocycles. The van der Waals surface area contributed by atoms with E-state index in [1.165, 1.54) is 25.8 Å². The van der Waals surface area contributed by atoms with E-state index >= 15 is 0 Å². The summed E-state index contributed by atoms with van der Waals surface area (Å²) in [5.74, 6) is -0.0197. The van der Waals surface area contributed by atoms with E-state index in [1.54, 1.807) is 32.5 Å². The van der Waals surface area contributed by atoms with Gasteiger partial charge in [-0.1, -0.05) is 25.3 Å². The number of fused-ring (bicyclic) bond motifs is 5. The van der Waals surface area contributed by atoms with Crippen molar-refractivity contribution in [2.75, 3.05) is 13.7 Å². The summed E-state index contributed by atoms with van der Waals surface area (Å²) in [4.78, 5) is 31.7. The van der Waals surface area contributed by atoms with Crippen LogP contribution in [0.25, 0.3) is 33.8 Å². The van der Waals surface area contributed by atoms with Crippen LogP contribution in [0.3, 0.4) is 0 Å². The van der Waals surface area contributed by atoms with Crippen molar-refractivity contribution < 1.29 is 27.9 Å². The van der Waals surface area contributed by atoms with Crippen LogP contribution < -0.4 is 14.8 Å². The number of allylic oxidation sites excluding steroid dienone is 1. The fraction of sp³-hybridized carbons (Fsp3) is 0.447. The van der Waals surface area contributed by atoms with E-state index in [0.717, 1.165) is 77.5 Å². The summed E-state index contributed by atoms with van der Waals surface area (Å²) < 4.78 is 37.6. The molecule has 0 bridgehead atoms. The number of sulfonamides is 1. The first-order valence-corrected chi connectivity index (χ1v) is 19.2. The Labute approximate surface area is 292 Å². The number of methoxy groups -OCH3 is 1. The van der Waals surface area contributed by atoms with E-state index in [-0.39, 0.29) is 24.1 Å². The summed E-state index contributed by atoms with van der Waals surface area (Å²) in [5.41, 5.74) is 7.20. The van der Waals surface area contributed by atoms with Gasteiger partial charge in [-0.25, -0.2) is 18.1 Å². The fourth-order valence-electron chi connectivity index (χ4n) is 7.43. The molecule has 11 nitrogen and oxygen atoms in total. The quantitative estimate of drug-likeness (QED) is 0.183. The molecule has 7 rings (SSSR count). The molecule has 2 aliphatic carbocycles. The first-order valence-electron chi connectivity index (χ1n) is 17.6. The molecule has 264 valence electrons. The molecule has 2 amide bonds. The summed E-state index contributed by atoms with van der Waals surface area (Å²) in [6, 6.07) is 11.8. The van der Waals surface area contributed by atoms with E-state index < -0.39 is 27.3 Å². The van der Waals surface area contributed by atoms with E-state index in [1.807, 2.05) is 18.2 Å². The monoisotopic (exact) mass is 699 g/mol. The third-order valence-electron chi connectivity index (χ3n) is 10.2. The Hall–Kier alpha value is -4.42. The highest BCUT2D eigenvalue weighted by Crippen LogP contribution is 2.48. The molecule has 0 spiro atoms. The van der Waals surface area contributed by atoms with Crippen molar-refractivity contribution in [3.05, 3.63) is 70.8 Å². The molecular formula is C38H45N5O6S. The molecule has 50 heavy (non-hydrogen) atoms. The van der Waals surface area contributed by atoms with Crippen LogP contribution >= 0.6 is 0 Å². The standard InChI is InChI=1S/C38H45N5O6S/c1-22(2)50(47,48)41-37(45)25-10-14-31-32(18-25)42-20-27(35-34(38(46)39-19-23(3)44)40-21-43(35)28-11-12-28)16-26-17-29(49-4)13-15-30(26)36(42)33(31)24-8-6-5-7-9-24/h10,13-18,21-24,28,44H,5-9,11-12,19-20H2,1-4H3,(H,39,46)(H,41,45)/t23-/m1/s1. The van der Waals surface area contributed by atoms with Gasteiger partial charge in [0.15, 0.2) is 5.69 Å². The van der Waals surface area contributed by atoms with Crippen molar-refractivity contribution in [2.45, 2.75) is 95.6 Å². The van der Waals surface area contributed by atoms with Crippen LogP contribution in [0.15, 0.2) is 42.7 Å². The Balaban J connectivity index is 1.46. The van der Waals surface area contributed by atoms with Crippen molar-refractivity contribution in [1.29, 1.82) is 0 Å². The van der Waals surface area contributed by atoms with E-state index in [0.29, 0.717) is 23.9 Å². The average Bonchev–Trinajstić information content (AvgIpc) is 3.80. The number of benzene rings is 2. The SMILES string of the molecule is COc1ccc2c(c1)C=C(c1c(C(=O)NC[C@@H](C)O)ncn1C1CC1)Cn1c-2c(C2CCCCC2)c2ccc(C(=O)NS(=O)(=O)C(C)C)cc21. The van der Waals surface area contributed by atoms with E-state index in [4.69, 9.17) is 4.74 Å². The Bertz CT molecular complexity index is 2120. The summed E-state index contributed by atoms with van der Waals surface area (Å²) in [6.07, 6.45) is 10.7. The van der Waals surface area contributed by atoms with Crippen molar-refractivity contribution in [2.24, 2.45) is 0 Å². The number of aliphatic hydroxyl groups is 1. The lowest BCUT2D eigenvalue weighted by Crippen LogP contribution is -2.35. The number of aromatic nitrogens is 3. The van der Waals surface area contributed by atoms with Gasteiger partial charge in [0, 0.05) is 34.6 Å². The molecule has 2 saturated carbocycles. The topological polar surface area (TPSA) is 145 Å². The van der Waals surface area contributed by atoms with Crippen molar-refractivity contribution in [3.8, 4) is 17.0 Å². The van der Waals surface area contributed by atoms with Gasteiger partial charge in [0.25, 0.3) is 11.8 Å². The number of nitrogens with zero attached hydrogens (tertiary/aromatic N) is 3. The maximum Gasteiger partial charge on any atom is 0.272 e. The molecule has 3 heterocycles. The Morgan fingerprint density at radius 1 is 1.00 bits per heavy atom. The van der Waals surface area contributed by atoms with Gasteiger partial charge in [0.2, 0.25) is 10.0 Å². The Morgan fingerprint density at radius 3 is 2.44 bits per heavy atom. The van der Waals surface area contributed by atoms with Crippen LogP contribution in [-0.2, 0) is 16.6 Å². The number of ether oxygens (including phenoxy) is 1. The molecular weight excluding hydrogens is 655 g/mol. The minimum absolute atomic E-state index is 0.0994. The summed E-state index contributed by atoms with van der Waals surface area (Å²) in [5, 5.41) is 13.0. The number of carbonyl (C=O) groups is 2. The van der Waals surface area contributed by atoms with Gasteiger partial charge in [0.1, 0.15) is 5.75 Å². The average molecular weight is 700 g/mol.